The van der Waals surface area contributed by atoms with Crippen molar-refractivity contribution in [3.8, 4) is 33.4 Å². The first-order chi connectivity index (χ1) is 30.3. The molecular weight excluding hydrogens is 747 g/mol. The summed E-state index contributed by atoms with van der Waals surface area (Å²) in [6, 6.07) is 54.3. The van der Waals surface area contributed by atoms with Crippen LogP contribution in [0.3, 0.4) is 0 Å². The fraction of sp³-hybridized carbons (Fsp3) is 0.344. The number of benzene rings is 6. The van der Waals surface area contributed by atoms with Crippen LogP contribution < -0.4 is 4.90 Å². The highest BCUT2D eigenvalue weighted by molar-refractivity contribution is 5.94. The first-order valence-electron chi connectivity index (χ1n) is 24.1. The summed E-state index contributed by atoms with van der Waals surface area (Å²) >= 11 is 0. The molecule has 0 aromatic heterocycles. The minimum absolute atomic E-state index is 0.0334. The molecule has 0 N–H and O–H groups in total. The van der Waals surface area contributed by atoms with E-state index in [9.17, 15) is 0 Å². The second-order valence-electron chi connectivity index (χ2n) is 21.4. The summed E-state index contributed by atoms with van der Waals surface area (Å²) in [7, 11) is 0. The lowest BCUT2D eigenvalue weighted by atomic mass is 9.37. The number of nitrogens with zero attached hydrogens (tertiary/aromatic N) is 1. The quantitative estimate of drug-likeness (QED) is 0.168. The van der Waals surface area contributed by atoms with E-state index in [0.717, 1.165) is 47.8 Å². The summed E-state index contributed by atoms with van der Waals surface area (Å²) in [4.78, 5) is 2.57. The van der Waals surface area contributed by atoms with E-state index >= 15 is 0 Å². The van der Waals surface area contributed by atoms with E-state index in [1.165, 1.54) is 99.2 Å². The Morgan fingerprint density at radius 1 is 0.532 bits per heavy atom. The van der Waals surface area contributed by atoms with Crippen LogP contribution in [0.15, 0.2) is 163 Å². The van der Waals surface area contributed by atoms with Crippen LogP contribution in [0, 0.1) is 47.3 Å². The zero-order valence-corrected chi connectivity index (χ0v) is 36.9. The molecule has 10 unspecified atom stereocenters. The van der Waals surface area contributed by atoms with Gasteiger partial charge in [-0.3, -0.25) is 0 Å². The van der Waals surface area contributed by atoms with E-state index in [2.05, 4.69) is 190 Å². The number of allylic oxidation sites excluding steroid dienone is 4. The fourth-order valence-corrected chi connectivity index (χ4v) is 16.1. The average Bonchev–Trinajstić information content (AvgIpc) is 3.72. The molecule has 0 aliphatic heterocycles. The molecule has 0 radical (unpaired) electrons. The number of fused-ring (bicyclic) bond motifs is 12. The predicted octanol–water partition coefficient (Wildman–Crippen LogP) is 15.7. The Balaban J connectivity index is 0.956. The van der Waals surface area contributed by atoms with Gasteiger partial charge in [0.05, 0.1) is 0 Å². The van der Waals surface area contributed by atoms with Crippen LogP contribution in [0.25, 0.3) is 33.4 Å². The topological polar surface area (TPSA) is 3.24 Å². The second kappa shape index (κ2) is 13.6. The molecule has 1 heteroatoms. The standard InChI is InChI=1S/C61H59N/c1-37-32-42-35-50-49(37)33-39-31-38(2)59(52(50)34-39)61(42)55-22-12-9-19-48(55)58-46(20-14-23-56(58)61)41-25-27-43(28-26-41)62(57-24-13-10-17-45(57)40-15-6-5-7-16-40)44-29-30-54-51(36-44)47-18-8-11-21-53(47)60(54,3)4/h5-16,18-30,36-39,42,45,49-50,52,59H,17,31-35H2,1-4H3. The van der Waals surface area contributed by atoms with Crippen LogP contribution in [0.5, 0.6) is 0 Å². The van der Waals surface area contributed by atoms with Gasteiger partial charge >= 0.3 is 0 Å². The van der Waals surface area contributed by atoms with Gasteiger partial charge in [-0.15, -0.1) is 0 Å². The summed E-state index contributed by atoms with van der Waals surface area (Å²) in [5.41, 5.74) is 19.8. The summed E-state index contributed by atoms with van der Waals surface area (Å²) in [5, 5.41) is 0. The van der Waals surface area contributed by atoms with E-state index in [1.807, 2.05) is 0 Å². The van der Waals surface area contributed by atoms with E-state index < -0.39 is 0 Å². The maximum atomic E-state index is 2.66. The van der Waals surface area contributed by atoms with Gasteiger partial charge in [0, 0.05) is 33.8 Å². The third-order valence-electron chi connectivity index (χ3n) is 18.2. The van der Waals surface area contributed by atoms with Crippen molar-refractivity contribution >= 4 is 11.4 Å². The molecule has 7 aliphatic rings. The third-order valence-corrected chi connectivity index (χ3v) is 18.2. The average molecular weight is 806 g/mol. The van der Waals surface area contributed by atoms with Crippen molar-refractivity contribution in [1.82, 2.24) is 0 Å². The van der Waals surface area contributed by atoms with Crippen molar-refractivity contribution in [1.29, 1.82) is 0 Å². The van der Waals surface area contributed by atoms with Gasteiger partial charge < -0.3 is 4.90 Å². The first-order valence-corrected chi connectivity index (χ1v) is 24.1. The molecule has 308 valence electrons. The number of anilines is 2. The molecule has 4 fully saturated rings. The Labute approximate surface area is 369 Å². The van der Waals surface area contributed by atoms with Crippen LogP contribution in [0.1, 0.15) is 100.0 Å². The van der Waals surface area contributed by atoms with Crippen molar-refractivity contribution in [3.63, 3.8) is 0 Å². The molecule has 6 aromatic carbocycles. The summed E-state index contributed by atoms with van der Waals surface area (Å²) in [6.45, 7) is 10.1. The largest absolute Gasteiger partial charge is 0.314 e. The molecule has 0 saturated heterocycles. The van der Waals surface area contributed by atoms with Gasteiger partial charge in [0.25, 0.3) is 0 Å². The highest BCUT2D eigenvalue weighted by Gasteiger charge is 2.66. The third kappa shape index (κ3) is 5.03. The van der Waals surface area contributed by atoms with E-state index in [0.29, 0.717) is 5.92 Å². The Kier molecular flexibility index (Phi) is 8.13. The van der Waals surface area contributed by atoms with Gasteiger partial charge in [-0.2, -0.15) is 0 Å². The lowest BCUT2D eigenvalue weighted by Gasteiger charge is -2.67. The van der Waals surface area contributed by atoms with Crippen LogP contribution >= 0.6 is 0 Å². The van der Waals surface area contributed by atoms with Crippen molar-refractivity contribution in [3.05, 3.63) is 191 Å². The Morgan fingerprint density at radius 2 is 1.23 bits per heavy atom. The van der Waals surface area contributed by atoms with Crippen LogP contribution in [-0.4, -0.2) is 0 Å². The van der Waals surface area contributed by atoms with Crippen molar-refractivity contribution < 1.29 is 0 Å². The molecule has 1 nitrogen and oxygen atoms in total. The van der Waals surface area contributed by atoms with Gasteiger partial charge in [-0.05, 0) is 177 Å². The fourth-order valence-electron chi connectivity index (χ4n) is 16.1. The Bertz CT molecular complexity index is 2820. The van der Waals surface area contributed by atoms with E-state index in [-0.39, 0.29) is 16.7 Å². The molecule has 1 spiro atoms. The minimum atomic E-state index is -0.0334. The lowest BCUT2D eigenvalue weighted by Crippen LogP contribution is -2.62. The van der Waals surface area contributed by atoms with Crippen LogP contribution in [-0.2, 0) is 10.8 Å². The van der Waals surface area contributed by atoms with Gasteiger partial charge in [0.1, 0.15) is 0 Å². The molecular formula is C61H59N. The Morgan fingerprint density at radius 3 is 2.06 bits per heavy atom. The molecule has 0 amide bonds. The van der Waals surface area contributed by atoms with Gasteiger partial charge in [-0.1, -0.05) is 155 Å². The summed E-state index contributed by atoms with van der Waals surface area (Å²) in [6.07, 6.45) is 15.2. The first kappa shape index (κ1) is 37.2. The number of rotatable bonds is 5. The van der Waals surface area contributed by atoms with Gasteiger partial charge in [0.15, 0.2) is 0 Å². The maximum Gasteiger partial charge on any atom is 0.0465 e. The number of hydrogen-bond donors (Lipinski definition) is 0. The molecule has 10 atom stereocenters. The van der Waals surface area contributed by atoms with Gasteiger partial charge in [-0.25, -0.2) is 0 Å². The molecule has 13 rings (SSSR count). The minimum Gasteiger partial charge on any atom is -0.314 e. The zero-order chi connectivity index (χ0) is 41.5. The van der Waals surface area contributed by atoms with E-state index in [4.69, 9.17) is 0 Å². The molecule has 6 aromatic rings. The highest BCUT2D eigenvalue weighted by atomic mass is 15.2. The molecule has 4 bridgehead atoms. The predicted molar refractivity (Wildman–Crippen MR) is 258 cm³/mol. The van der Waals surface area contributed by atoms with Gasteiger partial charge in [0.2, 0.25) is 0 Å². The van der Waals surface area contributed by atoms with E-state index in [1.54, 1.807) is 11.1 Å². The van der Waals surface area contributed by atoms with Crippen LogP contribution in [0.2, 0.25) is 0 Å². The second-order valence-corrected chi connectivity index (χ2v) is 21.4. The number of hydrogen-bond acceptors (Lipinski definition) is 1. The van der Waals surface area contributed by atoms with Crippen LogP contribution in [0.4, 0.5) is 11.4 Å². The summed E-state index contributed by atoms with van der Waals surface area (Å²) in [5.74, 6) is 6.95. The van der Waals surface area contributed by atoms with Crippen molar-refractivity contribution in [2.45, 2.75) is 83.0 Å². The molecule has 7 aliphatic carbocycles. The zero-order valence-electron chi connectivity index (χ0n) is 36.9. The lowest BCUT2D eigenvalue weighted by molar-refractivity contribution is -0.141. The SMILES string of the molecule is CC1CC2CC3C1CC1CC(C)C(C3C1)C21c2ccccc2-c2c(-c3ccc(N(C4=CC=CCC4c4ccccc4)c4ccc5c(c4)-c4ccccc4C5(C)C)cc3)cccc21. The monoisotopic (exact) mass is 805 g/mol. The normalized spacial score (nSPS) is 31.2. The molecule has 0 heterocycles. The van der Waals surface area contributed by atoms with Crippen molar-refractivity contribution in [2.75, 3.05) is 4.90 Å². The molecule has 62 heavy (non-hydrogen) atoms. The van der Waals surface area contributed by atoms with Crippen molar-refractivity contribution in [2.24, 2.45) is 47.3 Å². The molecule has 4 saturated carbocycles. The smallest absolute Gasteiger partial charge is 0.0465 e. The maximum absolute atomic E-state index is 2.66. The highest BCUT2D eigenvalue weighted by Crippen LogP contribution is 2.73. The summed E-state index contributed by atoms with van der Waals surface area (Å²) < 4.78 is 0. The Hall–Kier alpha value is -5.40.